The van der Waals surface area contributed by atoms with Crippen LogP contribution in [0, 0.1) is 0 Å². The number of hydrogen-bond acceptors (Lipinski definition) is 4. The molecule has 0 atom stereocenters. The van der Waals surface area contributed by atoms with Crippen LogP contribution >= 0.6 is 22.9 Å². The first-order valence-corrected chi connectivity index (χ1v) is 7.41. The van der Waals surface area contributed by atoms with Gasteiger partial charge in [-0.1, -0.05) is 17.7 Å². The van der Waals surface area contributed by atoms with E-state index in [9.17, 15) is 4.79 Å². The van der Waals surface area contributed by atoms with Gasteiger partial charge in [-0.15, -0.1) is 11.3 Å². The molecule has 0 aliphatic rings. The Labute approximate surface area is 130 Å². The standard InChI is InChI=1S/C15H10ClN3OS/c16-12-3-1-2-11(8-12)14(20)19-15-18-13(9-21-15)10-4-6-17-7-5-10/h1-9H,(H,18,19,20). The van der Waals surface area contributed by atoms with Crippen molar-refractivity contribution in [1.29, 1.82) is 0 Å². The van der Waals surface area contributed by atoms with Crippen molar-refractivity contribution in [2.75, 3.05) is 5.32 Å². The lowest BCUT2D eigenvalue weighted by molar-refractivity contribution is 0.102. The van der Waals surface area contributed by atoms with Gasteiger partial charge in [-0.3, -0.25) is 15.1 Å². The van der Waals surface area contributed by atoms with Gasteiger partial charge in [-0.25, -0.2) is 4.98 Å². The summed E-state index contributed by atoms with van der Waals surface area (Å²) in [5.74, 6) is -0.229. The molecule has 1 amide bonds. The third-order valence-electron chi connectivity index (χ3n) is 2.79. The minimum atomic E-state index is -0.229. The van der Waals surface area contributed by atoms with Gasteiger partial charge in [0.25, 0.3) is 5.91 Å². The Balaban J connectivity index is 1.77. The van der Waals surface area contributed by atoms with Gasteiger partial charge >= 0.3 is 0 Å². The Bertz CT molecular complexity index is 773. The molecular weight excluding hydrogens is 306 g/mol. The molecule has 21 heavy (non-hydrogen) atoms. The number of amides is 1. The predicted octanol–water partition coefficient (Wildman–Crippen LogP) is 4.11. The van der Waals surface area contributed by atoms with E-state index in [2.05, 4.69) is 15.3 Å². The zero-order valence-corrected chi connectivity index (χ0v) is 12.4. The number of carbonyl (C=O) groups is 1. The first kappa shape index (κ1) is 13.7. The third-order valence-corrected chi connectivity index (χ3v) is 3.78. The zero-order valence-electron chi connectivity index (χ0n) is 10.8. The lowest BCUT2D eigenvalue weighted by Gasteiger charge is -2.01. The molecule has 0 spiro atoms. The number of thiazole rings is 1. The maximum atomic E-state index is 12.1. The predicted molar refractivity (Wildman–Crippen MR) is 84.8 cm³/mol. The van der Waals surface area contributed by atoms with Gasteiger partial charge in [-0.05, 0) is 30.3 Å². The van der Waals surface area contributed by atoms with Crippen molar-refractivity contribution in [1.82, 2.24) is 9.97 Å². The summed E-state index contributed by atoms with van der Waals surface area (Å²) in [6, 6.07) is 10.5. The number of rotatable bonds is 3. The van der Waals surface area contributed by atoms with Crippen LogP contribution in [0.2, 0.25) is 5.02 Å². The zero-order chi connectivity index (χ0) is 14.7. The monoisotopic (exact) mass is 315 g/mol. The van der Waals surface area contributed by atoms with Gasteiger partial charge in [0.15, 0.2) is 5.13 Å². The smallest absolute Gasteiger partial charge is 0.257 e. The molecule has 3 rings (SSSR count). The van der Waals surface area contributed by atoms with Crippen molar-refractivity contribution in [3.8, 4) is 11.3 Å². The number of nitrogens with one attached hydrogen (secondary N) is 1. The van der Waals surface area contributed by atoms with Gasteiger partial charge in [0.2, 0.25) is 0 Å². The maximum Gasteiger partial charge on any atom is 0.257 e. The average Bonchev–Trinajstić information content (AvgIpc) is 2.97. The fraction of sp³-hybridized carbons (Fsp3) is 0. The summed E-state index contributed by atoms with van der Waals surface area (Å²) in [5.41, 5.74) is 2.27. The Kier molecular flexibility index (Phi) is 3.94. The molecule has 0 saturated carbocycles. The van der Waals surface area contributed by atoms with Crippen LogP contribution in [0.15, 0.2) is 54.2 Å². The highest BCUT2D eigenvalue weighted by Gasteiger charge is 2.10. The molecule has 1 aromatic carbocycles. The summed E-state index contributed by atoms with van der Waals surface area (Å²) in [7, 11) is 0. The largest absolute Gasteiger partial charge is 0.298 e. The summed E-state index contributed by atoms with van der Waals surface area (Å²) in [6.45, 7) is 0. The molecule has 0 unspecified atom stereocenters. The fourth-order valence-electron chi connectivity index (χ4n) is 1.79. The van der Waals surface area contributed by atoms with Crippen molar-refractivity contribution in [3.63, 3.8) is 0 Å². The van der Waals surface area contributed by atoms with E-state index in [1.807, 2.05) is 17.5 Å². The minimum absolute atomic E-state index is 0.229. The van der Waals surface area contributed by atoms with E-state index in [1.165, 1.54) is 11.3 Å². The summed E-state index contributed by atoms with van der Waals surface area (Å²) >= 11 is 7.25. The van der Waals surface area contributed by atoms with E-state index in [-0.39, 0.29) is 5.91 Å². The van der Waals surface area contributed by atoms with Crippen LogP contribution in [0.1, 0.15) is 10.4 Å². The normalized spacial score (nSPS) is 10.3. The van der Waals surface area contributed by atoms with E-state index < -0.39 is 0 Å². The maximum absolute atomic E-state index is 12.1. The first-order valence-electron chi connectivity index (χ1n) is 6.15. The van der Waals surface area contributed by atoms with Crippen LogP contribution < -0.4 is 5.32 Å². The Hall–Kier alpha value is -2.24. The number of benzene rings is 1. The molecule has 0 saturated heterocycles. The summed E-state index contributed by atoms with van der Waals surface area (Å²) in [6.07, 6.45) is 3.41. The molecule has 0 radical (unpaired) electrons. The number of pyridine rings is 1. The Morgan fingerprint density at radius 2 is 2.00 bits per heavy atom. The topological polar surface area (TPSA) is 54.9 Å². The molecule has 4 nitrogen and oxygen atoms in total. The van der Waals surface area contributed by atoms with Crippen LogP contribution in [-0.4, -0.2) is 15.9 Å². The number of hydrogen-bond donors (Lipinski definition) is 1. The lowest BCUT2D eigenvalue weighted by atomic mass is 10.2. The minimum Gasteiger partial charge on any atom is -0.298 e. The van der Waals surface area contributed by atoms with Crippen LogP contribution in [-0.2, 0) is 0 Å². The van der Waals surface area contributed by atoms with Crippen molar-refractivity contribution in [2.45, 2.75) is 0 Å². The number of halogens is 1. The van der Waals surface area contributed by atoms with Crippen LogP contribution in [0.4, 0.5) is 5.13 Å². The van der Waals surface area contributed by atoms with E-state index in [0.717, 1.165) is 11.3 Å². The lowest BCUT2D eigenvalue weighted by Crippen LogP contribution is -2.11. The molecule has 0 bridgehead atoms. The van der Waals surface area contributed by atoms with Crippen LogP contribution in [0.25, 0.3) is 11.3 Å². The van der Waals surface area contributed by atoms with E-state index >= 15 is 0 Å². The highest BCUT2D eigenvalue weighted by Crippen LogP contribution is 2.24. The summed E-state index contributed by atoms with van der Waals surface area (Å²) < 4.78 is 0. The van der Waals surface area contributed by atoms with E-state index in [0.29, 0.717) is 15.7 Å². The van der Waals surface area contributed by atoms with Crippen molar-refractivity contribution in [2.24, 2.45) is 0 Å². The highest BCUT2D eigenvalue weighted by molar-refractivity contribution is 7.14. The Morgan fingerprint density at radius 1 is 1.19 bits per heavy atom. The second-order valence-electron chi connectivity index (χ2n) is 4.24. The molecule has 104 valence electrons. The van der Waals surface area contributed by atoms with Crippen LogP contribution in [0.5, 0.6) is 0 Å². The van der Waals surface area contributed by atoms with E-state index in [4.69, 9.17) is 11.6 Å². The molecule has 0 fully saturated rings. The highest BCUT2D eigenvalue weighted by atomic mass is 35.5. The number of anilines is 1. The fourth-order valence-corrected chi connectivity index (χ4v) is 2.69. The number of carbonyl (C=O) groups excluding carboxylic acids is 1. The third kappa shape index (κ3) is 3.26. The van der Waals surface area contributed by atoms with Gasteiger partial charge < -0.3 is 0 Å². The molecule has 2 aromatic heterocycles. The second-order valence-corrected chi connectivity index (χ2v) is 5.53. The SMILES string of the molecule is O=C(Nc1nc(-c2ccncc2)cs1)c1cccc(Cl)c1. The van der Waals surface area contributed by atoms with Gasteiger partial charge in [-0.2, -0.15) is 0 Å². The number of aromatic nitrogens is 2. The number of nitrogens with zero attached hydrogens (tertiary/aromatic N) is 2. The molecule has 2 heterocycles. The summed E-state index contributed by atoms with van der Waals surface area (Å²) in [4.78, 5) is 20.5. The molecule has 0 aliphatic carbocycles. The molecule has 0 aliphatic heterocycles. The molecule has 6 heteroatoms. The van der Waals surface area contributed by atoms with Crippen molar-refractivity contribution in [3.05, 3.63) is 64.8 Å². The van der Waals surface area contributed by atoms with Gasteiger partial charge in [0, 0.05) is 33.9 Å². The van der Waals surface area contributed by atoms with Gasteiger partial charge in [0.1, 0.15) is 0 Å². The summed E-state index contributed by atoms with van der Waals surface area (Å²) in [5, 5.41) is 5.74. The average molecular weight is 316 g/mol. The Morgan fingerprint density at radius 3 is 2.76 bits per heavy atom. The van der Waals surface area contributed by atoms with Gasteiger partial charge in [0.05, 0.1) is 5.69 Å². The second kappa shape index (κ2) is 6.03. The van der Waals surface area contributed by atoms with Crippen molar-refractivity contribution < 1.29 is 4.79 Å². The molecular formula is C15H10ClN3OS. The van der Waals surface area contributed by atoms with Crippen LogP contribution in [0.3, 0.4) is 0 Å². The molecule has 1 N–H and O–H groups in total. The first-order chi connectivity index (χ1) is 10.2. The van der Waals surface area contributed by atoms with Crippen molar-refractivity contribution >= 4 is 34.0 Å². The molecule has 3 aromatic rings. The quantitative estimate of drug-likeness (QED) is 0.791. The van der Waals surface area contributed by atoms with E-state index in [1.54, 1.807) is 36.7 Å².